The molecule has 0 saturated carbocycles. The van der Waals surface area contributed by atoms with Crippen LogP contribution < -0.4 is 10.4 Å². The van der Waals surface area contributed by atoms with E-state index in [1.54, 1.807) is 17.9 Å². The van der Waals surface area contributed by atoms with Crippen molar-refractivity contribution in [2.75, 3.05) is 20.2 Å². The summed E-state index contributed by atoms with van der Waals surface area (Å²) in [5, 5.41) is 0. The molecule has 1 fully saturated rings. The SMILES string of the molecule is COc1cccc(CC(=O)N2CC[C@@H](C)C(n3c(=O)[nH]c4ncccc43)C2)c1. The topological polar surface area (TPSA) is 80.2 Å². The number of hydrogen-bond acceptors (Lipinski definition) is 4. The highest BCUT2D eigenvalue weighted by molar-refractivity contribution is 5.79. The number of hydrogen-bond donors (Lipinski definition) is 1. The van der Waals surface area contributed by atoms with Gasteiger partial charge < -0.3 is 9.64 Å². The van der Waals surface area contributed by atoms with Crippen LogP contribution >= 0.6 is 0 Å². The molecule has 7 nitrogen and oxygen atoms in total. The van der Waals surface area contributed by atoms with Crippen molar-refractivity contribution in [2.45, 2.75) is 25.8 Å². The summed E-state index contributed by atoms with van der Waals surface area (Å²) in [6.45, 7) is 3.36. The lowest BCUT2D eigenvalue weighted by Crippen LogP contribution is -2.46. The first-order valence-corrected chi connectivity index (χ1v) is 9.52. The van der Waals surface area contributed by atoms with Crippen LogP contribution in [0.15, 0.2) is 47.4 Å². The van der Waals surface area contributed by atoms with Gasteiger partial charge in [-0.15, -0.1) is 0 Å². The van der Waals surface area contributed by atoms with Gasteiger partial charge in [0.05, 0.1) is 25.1 Å². The van der Waals surface area contributed by atoms with Crippen molar-refractivity contribution in [3.8, 4) is 5.75 Å². The average Bonchev–Trinajstić information content (AvgIpc) is 3.04. The minimum Gasteiger partial charge on any atom is -0.497 e. The Kier molecular flexibility index (Phi) is 4.90. The molecule has 1 N–H and O–H groups in total. The van der Waals surface area contributed by atoms with Gasteiger partial charge in [-0.2, -0.15) is 0 Å². The molecule has 146 valence electrons. The summed E-state index contributed by atoms with van der Waals surface area (Å²) in [6.07, 6.45) is 2.84. The van der Waals surface area contributed by atoms with E-state index in [1.807, 2.05) is 41.3 Å². The van der Waals surface area contributed by atoms with Gasteiger partial charge in [0.1, 0.15) is 5.75 Å². The minimum atomic E-state index is -0.173. The largest absolute Gasteiger partial charge is 0.497 e. The number of ether oxygens (including phenoxy) is 1. The second-order valence-corrected chi connectivity index (χ2v) is 7.37. The van der Waals surface area contributed by atoms with Gasteiger partial charge in [0, 0.05) is 19.3 Å². The third-order valence-corrected chi connectivity index (χ3v) is 5.58. The molecule has 0 bridgehead atoms. The van der Waals surface area contributed by atoms with E-state index in [4.69, 9.17) is 4.74 Å². The van der Waals surface area contributed by atoms with E-state index >= 15 is 0 Å². The maximum Gasteiger partial charge on any atom is 0.328 e. The molecule has 1 saturated heterocycles. The zero-order chi connectivity index (χ0) is 19.7. The van der Waals surface area contributed by atoms with E-state index in [1.165, 1.54) is 0 Å². The monoisotopic (exact) mass is 380 g/mol. The third-order valence-electron chi connectivity index (χ3n) is 5.58. The van der Waals surface area contributed by atoms with E-state index in [2.05, 4.69) is 16.9 Å². The number of aromatic amines is 1. The van der Waals surface area contributed by atoms with Gasteiger partial charge in [-0.05, 0) is 42.2 Å². The fourth-order valence-corrected chi connectivity index (χ4v) is 3.97. The summed E-state index contributed by atoms with van der Waals surface area (Å²) in [4.78, 5) is 34.4. The molecule has 7 heteroatoms. The molecule has 2 aromatic heterocycles. The molecule has 28 heavy (non-hydrogen) atoms. The fraction of sp³-hybridized carbons (Fsp3) is 0.381. The quantitative estimate of drug-likeness (QED) is 0.754. The number of imidazole rings is 1. The van der Waals surface area contributed by atoms with Crippen LogP contribution in [0.5, 0.6) is 5.75 Å². The molecule has 1 amide bonds. The summed E-state index contributed by atoms with van der Waals surface area (Å²) >= 11 is 0. The highest BCUT2D eigenvalue weighted by Crippen LogP contribution is 2.29. The molecule has 0 radical (unpaired) electrons. The summed E-state index contributed by atoms with van der Waals surface area (Å²) < 4.78 is 7.01. The van der Waals surface area contributed by atoms with E-state index < -0.39 is 0 Å². The first-order chi connectivity index (χ1) is 13.6. The molecule has 1 unspecified atom stereocenters. The van der Waals surface area contributed by atoms with Crippen molar-refractivity contribution in [2.24, 2.45) is 5.92 Å². The number of rotatable bonds is 4. The highest BCUT2D eigenvalue weighted by Gasteiger charge is 2.32. The number of nitrogens with one attached hydrogen (secondary N) is 1. The molecule has 1 aliphatic rings. The normalized spacial score (nSPS) is 19.7. The van der Waals surface area contributed by atoms with Gasteiger partial charge in [-0.25, -0.2) is 9.78 Å². The number of H-pyrrole nitrogens is 1. The Hall–Kier alpha value is -3.09. The van der Waals surface area contributed by atoms with Crippen molar-refractivity contribution in [3.63, 3.8) is 0 Å². The molecule has 0 aliphatic carbocycles. The smallest absolute Gasteiger partial charge is 0.328 e. The molecular formula is C21H24N4O3. The number of likely N-dealkylation sites (tertiary alicyclic amines) is 1. The van der Waals surface area contributed by atoms with Crippen molar-refractivity contribution in [1.82, 2.24) is 19.4 Å². The van der Waals surface area contributed by atoms with E-state index in [0.717, 1.165) is 23.3 Å². The van der Waals surface area contributed by atoms with Gasteiger partial charge in [-0.3, -0.25) is 14.3 Å². The Labute approximate surface area is 163 Å². The fourth-order valence-electron chi connectivity index (χ4n) is 3.97. The van der Waals surface area contributed by atoms with Crippen LogP contribution in [0, 0.1) is 5.92 Å². The molecule has 1 aliphatic heterocycles. The molecule has 2 atom stereocenters. The molecule has 3 aromatic rings. The number of piperidine rings is 1. The van der Waals surface area contributed by atoms with Crippen LogP contribution in [0.1, 0.15) is 24.9 Å². The Morgan fingerprint density at radius 2 is 2.18 bits per heavy atom. The number of fused-ring (bicyclic) bond motifs is 1. The predicted molar refractivity (Wildman–Crippen MR) is 106 cm³/mol. The number of carbonyl (C=O) groups excluding carboxylic acids is 1. The number of aromatic nitrogens is 3. The first-order valence-electron chi connectivity index (χ1n) is 9.52. The predicted octanol–water partition coefficient (Wildman–Crippen LogP) is 2.39. The summed E-state index contributed by atoms with van der Waals surface area (Å²) in [5.74, 6) is 1.10. The number of methoxy groups -OCH3 is 1. The van der Waals surface area contributed by atoms with Crippen LogP contribution in [-0.4, -0.2) is 45.5 Å². The van der Waals surface area contributed by atoms with Crippen LogP contribution in [-0.2, 0) is 11.2 Å². The van der Waals surface area contributed by atoms with Crippen molar-refractivity contribution in [3.05, 3.63) is 58.6 Å². The lowest BCUT2D eigenvalue weighted by molar-refractivity contribution is -0.132. The van der Waals surface area contributed by atoms with Crippen LogP contribution in [0.2, 0.25) is 0 Å². The zero-order valence-corrected chi connectivity index (χ0v) is 16.1. The standard InChI is InChI=1S/C21H24N4O3/c1-14-8-10-24(19(26)12-15-5-3-6-16(11-15)28-2)13-18(14)25-17-7-4-9-22-20(17)23-21(25)27/h3-7,9,11,14,18H,8,10,12-13H2,1-2H3,(H,22,23,27)/t14-,18?/m1/s1. The van der Waals surface area contributed by atoms with Gasteiger partial charge >= 0.3 is 5.69 Å². The van der Waals surface area contributed by atoms with Crippen LogP contribution in [0.25, 0.3) is 11.2 Å². The van der Waals surface area contributed by atoms with Crippen molar-refractivity contribution >= 4 is 17.1 Å². The number of nitrogens with zero attached hydrogens (tertiary/aromatic N) is 3. The Morgan fingerprint density at radius 1 is 1.32 bits per heavy atom. The number of carbonyl (C=O) groups is 1. The maximum atomic E-state index is 12.9. The van der Waals surface area contributed by atoms with Crippen molar-refractivity contribution in [1.29, 1.82) is 0 Å². The summed E-state index contributed by atoms with van der Waals surface area (Å²) in [6, 6.07) is 11.2. The lowest BCUT2D eigenvalue weighted by atomic mass is 9.92. The van der Waals surface area contributed by atoms with Crippen LogP contribution in [0.3, 0.4) is 0 Å². The number of amides is 1. The highest BCUT2D eigenvalue weighted by atomic mass is 16.5. The molecule has 4 rings (SSSR count). The zero-order valence-electron chi connectivity index (χ0n) is 16.1. The van der Waals surface area contributed by atoms with Gasteiger partial charge in [-0.1, -0.05) is 19.1 Å². The Balaban J connectivity index is 1.57. The van der Waals surface area contributed by atoms with E-state index in [-0.39, 0.29) is 23.6 Å². The lowest BCUT2D eigenvalue weighted by Gasteiger charge is -2.37. The second kappa shape index (κ2) is 7.50. The van der Waals surface area contributed by atoms with Crippen LogP contribution in [0.4, 0.5) is 0 Å². The summed E-state index contributed by atoms with van der Waals surface area (Å²) in [7, 11) is 1.62. The van der Waals surface area contributed by atoms with Gasteiger partial charge in [0.25, 0.3) is 0 Å². The molecule has 3 heterocycles. The summed E-state index contributed by atoms with van der Waals surface area (Å²) in [5.41, 5.74) is 2.12. The first kappa shape index (κ1) is 18.3. The second-order valence-electron chi connectivity index (χ2n) is 7.37. The average molecular weight is 380 g/mol. The minimum absolute atomic E-state index is 0.0659. The third kappa shape index (κ3) is 3.40. The molecule has 1 aromatic carbocycles. The number of pyridine rings is 1. The van der Waals surface area contributed by atoms with Gasteiger partial charge in [0.15, 0.2) is 5.65 Å². The number of benzene rings is 1. The van der Waals surface area contributed by atoms with E-state index in [0.29, 0.717) is 25.2 Å². The molecular weight excluding hydrogens is 356 g/mol. The maximum absolute atomic E-state index is 12.9. The Morgan fingerprint density at radius 3 is 3.00 bits per heavy atom. The van der Waals surface area contributed by atoms with E-state index in [9.17, 15) is 9.59 Å². The van der Waals surface area contributed by atoms with Crippen molar-refractivity contribution < 1.29 is 9.53 Å². The molecule has 0 spiro atoms. The Bertz CT molecular complexity index is 1050. The van der Waals surface area contributed by atoms with Gasteiger partial charge in [0.2, 0.25) is 5.91 Å².